The molecule has 372 valence electrons. The van der Waals surface area contributed by atoms with Gasteiger partial charge in [0.2, 0.25) is 0 Å². The summed E-state index contributed by atoms with van der Waals surface area (Å²) in [5.74, 6) is -0.345. The molecule has 2 unspecified atom stereocenters. The number of carbonyl (C=O) groups is 1. The van der Waals surface area contributed by atoms with E-state index in [4.69, 9.17) is 18.5 Å². The Morgan fingerprint density at radius 2 is 0.892 bits per heavy atom. The molecule has 0 heterocycles. The van der Waals surface area contributed by atoms with Crippen molar-refractivity contribution in [1.82, 2.24) is 0 Å². The van der Waals surface area contributed by atoms with E-state index in [1.807, 2.05) is 21.1 Å². The highest BCUT2D eigenvalue weighted by Crippen LogP contribution is 2.43. The summed E-state index contributed by atoms with van der Waals surface area (Å²) >= 11 is 0. The Kier molecular flexibility index (Phi) is 45.6. The highest BCUT2D eigenvalue weighted by atomic mass is 31.2. The zero-order valence-corrected chi connectivity index (χ0v) is 43.1. The first-order valence-electron chi connectivity index (χ1n) is 25.6. The molecule has 0 aliphatic heterocycles. The number of hydrogen-bond acceptors (Lipinski definition) is 6. The van der Waals surface area contributed by atoms with E-state index in [9.17, 15) is 14.3 Å². The number of rotatable bonds is 46. The van der Waals surface area contributed by atoms with Crippen LogP contribution in [0.5, 0.6) is 0 Å². The van der Waals surface area contributed by atoms with Crippen LogP contribution in [0.25, 0.3) is 0 Å². The first-order valence-corrected chi connectivity index (χ1v) is 27.1. The van der Waals surface area contributed by atoms with Gasteiger partial charge in [0.1, 0.15) is 19.3 Å². The molecule has 1 N–H and O–H groups in total. The predicted molar refractivity (Wildman–Crippen MR) is 279 cm³/mol. The number of esters is 1. The normalized spacial score (nSPS) is 14.5. The van der Waals surface area contributed by atoms with E-state index in [0.29, 0.717) is 24.1 Å². The molecule has 0 aromatic heterocycles. The largest absolute Gasteiger partial charge is 0.472 e. The third-order valence-electron chi connectivity index (χ3n) is 10.3. The van der Waals surface area contributed by atoms with Gasteiger partial charge in [0.05, 0.1) is 34.4 Å². The Balaban J connectivity index is 4.29. The van der Waals surface area contributed by atoms with E-state index in [0.717, 1.165) is 89.9 Å². The zero-order valence-electron chi connectivity index (χ0n) is 42.2. The van der Waals surface area contributed by atoms with Gasteiger partial charge in [-0.3, -0.25) is 13.8 Å². The molecule has 0 aromatic rings. The van der Waals surface area contributed by atoms with Gasteiger partial charge in [-0.25, -0.2) is 4.57 Å². The summed E-state index contributed by atoms with van der Waals surface area (Å²) in [6.45, 7) is 5.31. The number of allylic oxidation sites excluding steroid dienone is 18. The number of carbonyl (C=O) groups excluding carboxylic acids is 1. The summed E-state index contributed by atoms with van der Waals surface area (Å²) in [7, 11) is 1.61. The Hall–Kier alpha value is -2.84. The van der Waals surface area contributed by atoms with Crippen LogP contribution in [0.15, 0.2) is 109 Å². The highest BCUT2D eigenvalue weighted by molar-refractivity contribution is 7.47. The highest BCUT2D eigenvalue weighted by Gasteiger charge is 2.26. The molecule has 9 heteroatoms. The first-order chi connectivity index (χ1) is 31.6. The van der Waals surface area contributed by atoms with E-state index in [1.165, 1.54) is 70.6 Å². The van der Waals surface area contributed by atoms with Crippen LogP contribution in [0.4, 0.5) is 0 Å². The molecule has 0 aliphatic rings. The van der Waals surface area contributed by atoms with Gasteiger partial charge in [-0.2, -0.15) is 0 Å². The van der Waals surface area contributed by atoms with Gasteiger partial charge in [-0.15, -0.1) is 0 Å². The lowest BCUT2D eigenvalue weighted by molar-refractivity contribution is -0.870. The van der Waals surface area contributed by atoms with E-state index in [-0.39, 0.29) is 25.8 Å². The van der Waals surface area contributed by atoms with Crippen molar-refractivity contribution in [2.75, 3.05) is 54.1 Å². The fourth-order valence-corrected chi connectivity index (χ4v) is 7.14. The lowest BCUT2D eigenvalue weighted by atomic mass is 10.1. The summed E-state index contributed by atoms with van der Waals surface area (Å²) in [6, 6.07) is 0. The number of quaternary nitrogens is 1. The Morgan fingerprint density at radius 1 is 0.492 bits per heavy atom. The minimum atomic E-state index is -4.31. The minimum absolute atomic E-state index is 0.0696. The number of nitrogens with zero attached hydrogens (tertiary/aromatic N) is 1. The van der Waals surface area contributed by atoms with Crippen LogP contribution in [-0.2, 0) is 27.9 Å². The van der Waals surface area contributed by atoms with Crippen LogP contribution in [0, 0.1) is 0 Å². The van der Waals surface area contributed by atoms with Crippen molar-refractivity contribution in [3.05, 3.63) is 109 Å². The monoisotopic (exact) mass is 927 g/mol. The van der Waals surface area contributed by atoms with Crippen molar-refractivity contribution in [2.45, 2.75) is 187 Å². The summed E-state index contributed by atoms with van der Waals surface area (Å²) in [4.78, 5) is 23.0. The van der Waals surface area contributed by atoms with E-state index >= 15 is 0 Å². The summed E-state index contributed by atoms with van der Waals surface area (Å²) in [5, 5.41) is 0. The number of ether oxygens (including phenoxy) is 2. The second kappa shape index (κ2) is 47.6. The lowest BCUT2D eigenvalue weighted by Gasteiger charge is -2.24. The fraction of sp³-hybridized carbons (Fsp3) is 0.661. The maximum Gasteiger partial charge on any atom is 0.472 e. The van der Waals surface area contributed by atoms with Gasteiger partial charge in [-0.1, -0.05) is 187 Å². The molecule has 0 spiro atoms. The summed E-state index contributed by atoms with van der Waals surface area (Å²) in [5.41, 5.74) is 0. The van der Waals surface area contributed by atoms with Crippen molar-refractivity contribution < 1.29 is 37.3 Å². The number of likely N-dealkylation sites (N-methyl/N-ethyl adjacent to an activating group) is 1. The van der Waals surface area contributed by atoms with Gasteiger partial charge < -0.3 is 18.9 Å². The Bertz CT molecular complexity index is 1400. The van der Waals surface area contributed by atoms with E-state index in [1.54, 1.807) is 0 Å². The molecular weight excluding hydrogens is 830 g/mol. The van der Waals surface area contributed by atoms with Crippen molar-refractivity contribution in [3.8, 4) is 0 Å². The van der Waals surface area contributed by atoms with Crippen molar-refractivity contribution in [1.29, 1.82) is 0 Å². The third kappa shape index (κ3) is 52.0. The fourth-order valence-electron chi connectivity index (χ4n) is 6.40. The maximum atomic E-state index is 12.8. The molecule has 0 saturated heterocycles. The molecule has 65 heavy (non-hydrogen) atoms. The van der Waals surface area contributed by atoms with E-state index < -0.39 is 13.9 Å². The molecule has 0 amide bonds. The predicted octanol–water partition coefficient (Wildman–Crippen LogP) is 15.9. The quantitative estimate of drug-likeness (QED) is 0.0214. The van der Waals surface area contributed by atoms with Crippen LogP contribution in [-0.4, -0.2) is 75.6 Å². The van der Waals surface area contributed by atoms with Crippen molar-refractivity contribution >= 4 is 13.8 Å². The van der Waals surface area contributed by atoms with Gasteiger partial charge in [-0.05, 0) is 96.3 Å². The van der Waals surface area contributed by atoms with Crippen LogP contribution >= 0.6 is 7.82 Å². The summed E-state index contributed by atoms with van der Waals surface area (Å²) in [6.07, 6.45) is 67.2. The average Bonchev–Trinajstić information content (AvgIpc) is 3.27. The second-order valence-electron chi connectivity index (χ2n) is 17.8. The SMILES string of the molecule is CC/C=C\C/C=C\C/C=C\C/C=C\C/C=C\C/C=C\CCCOCC(COP(=O)(O)OCC[N+](C)(C)C)OC(=O)CCCCCCCCCC/C=C\C/C=C\C/C=C\CCCCCCC. The van der Waals surface area contributed by atoms with Crippen molar-refractivity contribution in [3.63, 3.8) is 0 Å². The van der Waals surface area contributed by atoms with Crippen molar-refractivity contribution in [2.24, 2.45) is 0 Å². The van der Waals surface area contributed by atoms with Crippen LogP contribution in [0.2, 0.25) is 0 Å². The summed E-state index contributed by atoms with van der Waals surface area (Å²) < 4.78 is 35.0. The lowest BCUT2D eigenvalue weighted by Crippen LogP contribution is -2.37. The number of unbranched alkanes of at least 4 members (excludes halogenated alkanes) is 14. The molecule has 2 atom stereocenters. The second-order valence-corrected chi connectivity index (χ2v) is 19.3. The zero-order chi connectivity index (χ0) is 47.6. The third-order valence-corrected chi connectivity index (χ3v) is 11.3. The molecule has 8 nitrogen and oxygen atoms in total. The van der Waals surface area contributed by atoms with Gasteiger partial charge in [0.15, 0.2) is 0 Å². The molecule has 0 rings (SSSR count). The maximum absolute atomic E-state index is 12.8. The number of phosphoric ester groups is 1. The van der Waals surface area contributed by atoms with Gasteiger partial charge in [0, 0.05) is 13.0 Å². The van der Waals surface area contributed by atoms with E-state index in [2.05, 4.69) is 123 Å². The first kappa shape index (κ1) is 62.2. The molecule has 0 aliphatic carbocycles. The standard InChI is InChI=1S/C56H96NO7P/c1-6-8-10-12-14-16-18-20-22-24-26-28-29-30-31-33-35-37-39-41-43-45-47-49-56(58)64-55(54-63-65(59,60)62-52-50-57(3,4)5)53-61-51-48-46-44-42-40-38-36-34-32-27-25-23-21-19-17-15-13-11-9-7-2/h9,11,15,17-18,20-21,23-24,26-27,29-30,32,36,38,42,44,55H,6-8,10,12-14,16,19,22,25,28,31,33-35,37,39-41,43,45-54H2,1-5H3/p+1/b11-9-,17-15-,20-18-,23-21-,26-24-,30-29-,32-27-,38-36-,44-42-. The van der Waals surface area contributed by atoms with Crippen LogP contribution < -0.4 is 0 Å². The molecule has 0 saturated carbocycles. The molecule has 0 bridgehead atoms. The van der Waals surface area contributed by atoms with Gasteiger partial charge >= 0.3 is 13.8 Å². The Morgan fingerprint density at radius 3 is 1.34 bits per heavy atom. The molecular formula is C56H97NO7P+. The molecule has 0 aromatic carbocycles. The Labute approximate surface area is 400 Å². The van der Waals surface area contributed by atoms with Gasteiger partial charge in [0.25, 0.3) is 0 Å². The smallest absolute Gasteiger partial charge is 0.457 e. The minimum Gasteiger partial charge on any atom is -0.457 e. The van der Waals surface area contributed by atoms with Crippen LogP contribution in [0.1, 0.15) is 181 Å². The number of hydrogen-bond donors (Lipinski definition) is 1. The topological polar surface area (TPSA) is 91.3 Å². The molecule has 0 radical (unpaired) electrons. The molecule has 0 fully saturated rings. The van der Waals surface area contributed by atoms with Crippen LogP contribution in [0.3, 0.4) is 0 Å². The number of phosphoric acid groups is 1. The average molecular weight is 927 g/mol.